The number of unbranched alkanes of at least 4 members (excludes halogenated alkanes) is 26. The van der Waals surface area contributed by atoms with Gasteiger partial charge in [-0.1, -0.05) is 208 Å². The third-order valence-corrected chi connectivity index (χ3v) is 9.60. The van der Waals surface area contributed by atoms with Crippen LogP contribution in [0, 0.1) is 0 Å². The van der Waals surface area contributed by atoms with Gasteiger partial charge in [-0.05, 0) is 18.8 Å². The summed E-state index contributed by atoms with van der Waals surface area (Å²) in [5, 5.41) is 0. The minimum atomic E-state index is 0.523. The van der Waals surface area contributed by atoms with Gasteiger partial charge in [0.05, 0.1) is 5.69 Å². The number of aromatic nitrogens is 2. The number of rotatable bonds is 32. The third-order valence-electron chi connectivity index (χ3n) is 9.60. The topological polar surface area (TPSA) is 17.8 Å². The van der Waals surface area contributed by atoms with E-state index in [2.05, 4.69) is 45.4 Å². The number of aryl methyl sites for hydroxylation is 1. The van der Waals surface area contributed by atoms with Crippen LogP contribution in [0.25, 0.3) is 0 Å². The van der Waals surface area contributed by atoms with E-state index in [4.69, 9.17) is 4.98 Å². The molecule has 42 heavy (non-hydrogen) atoms. The van der Waals surface area contributed by atoms with E-state index in [0.717, 1.165) is 6.54 Å². The quantitative estimate of drug-likeness (QED) is 0.0768. The molecule has 0 radical (unpaired) electrons. The van der Waals surface area contributed by atoms with Crippen LogP contribution in [0.5, 0.6) is 0 Å². The van der Waals surface area contributed by atoms with Gasteiger partial charge in [-0.25, -0.2) is 4.98 Å². The third kappa shape index (κ3) is 21.8. The molecule has 1 heterocycles. The summed E-state index contributed by atoms with van der Waals surface area (Å²) < 4.78 is 2.53. The van der Waals surface area contributed by atoms with Gasteiger partial charge in [-0.2, -0.15) is 0 Å². The Kier molecular flexibility index (Phi) is 27.0. The van der Waals surface area contributed by atoms with Crippen LogP contribution in [0.15, 0.2) is 6.20 Å². The van der Waals surface area contributed by atoms with Gasteiger partial charge in [-0.3, -0.25) is 0 Å². The summed E-state index contributed by atoms with van der Waals surface area (Å²) in [5.41, 5.74) is 1.29. The van der Waals surface area contributed by atoms with E-state index in [1.54, 1.807) is 0 Å². The normalized spacial score (nSPS) is 12.5. The highest BCUT2D eigenvalue weighted by atomic mass is 15.1. The molecule has 2 nitrogen and oxygen atoms in total. The van der Waals surface area contributed by atoms with Gasteiger partial charge in [0.15, 0.2) is 0 Å². The second-order valence-electron chi connectivity index (χ2n) is 14.3. The first kappa shape index (κ1) is 39.2. The lowest BCUT2D eigenvalue weighted by Gasteiger charge is -2.14. The number of nitrogens with zero attached hydrogens (tertiary/aromatic N) is 2. The first-order chi connectivity index (χ1) is 20.6. The molecule has 0 bridgehead atoms. The molecule has 0 saturated carbocycles. The van der Waals surface area contributed by atoms with E-state index in [0.29, 0.717) is 11.8 Å². The Hall–Kier alpha value is -0.790. The molecule has 0 spiro atoms. The zero-order valence-electron chi connectivity index (χ0n) is 29.8. The highest BCUT2D eigenvalue weighted by molar-refractivity contribution is 5.11. The molecule has 1 aromatic rings. The van der Waals surface area contributed by atoms with Gasteiger partial charge < -0.3 is 4.57 Å². The number of hydrogen-bond acceptors (Lipinski definition) is 1. The Labute approximate surface area is 266 Å². The van der Waals surface area contributed by atoms with Crippen molar-refractivity contribution in [3.05, 3.63) is 17.7 Å². The fraction of sp³-hybridized carbons (Fsp3) is 0.925. The van der Waals surface area contributed by atoms with E-state index in [-0.39, 0.29) is 0 Å². The van der Waals surface area contributed by atoms with Crippen molar-refractivity contribution in [2.45, 2.75) is 239 Å². The Morgan fingerprint density at radius 1 is 0.476 bits per heavy atom. The van der Waals surface area contributed by atoms with Gasteiger partial charge in [0.2, 0.25) is 0 Å². The highest BCUT2D eigenvalue weighted by Crippen LogP contribution is 2.25. The van der Waals surface area contributed by atoms with Crippen molar-refractivity contribution in [3.8, 4) is 0 Å². The van der Waals surface area contributed by atoms with Gasteiger partial charge in [0, 0.05) is 18.7 Å². The monoisotopic (exact) mass is 587 g/mol. The second kappa shape index (κ2) is 29.0. The fourth-order valence-electron chi connectivity index (χ4n) is 6.55. The molecule has 0 aliphatic carbocycles. The minimum Gasteiger partial charge on any atom is -0.334 e. The zero-order chi connectivity index (χ0) is 30.5. The molecular weight excluding hydrogens is 508 g/mol. The lowest BCUT2D eigenvalue weighted by atomic mass is 10.00. The van der Waals surface area contributed by atoms with Crippen LogP contribution in [0.4, 0.5) is 0 Å². The molecule has 1 rings (SSSR count). The standard InChI is InChI=1S/C40H78N2/c1-6-8-10-12-14-16-18-20-22-24-26-28-30-32-34-38(5)40-41-39(37(3)4)36-42(40)35-33-31-29-27-25-23-21-19-17-15-13-11-9-7-2/h36-38H,6-35H2,1-5H3. The Bertz CT molecular complexity index is 675. The Balaban J connectivity index is 2.11. The van der Waals surface area contributed by atoms with E-state index >= 15 is 0 Å². The molecule has 0 N–H and O–H groups in total. The molecule has 0 saturated heterocycles. The van der Waals surface area contributed by atoms with Crippen molar-refractivity contribution in [2.75, 3.05) is 0 Å². The Morgan fingerprint density at radius 3 is 1.17 bits per heavy atom. The van der Waals surface area contributed by atoms with Crippen molar-refractivity contribution >= 4 is 0 Å². The average Bonchev–Trinajstić information content (AvgIpc) is 3.42. The van der Waals surface area contributed by atoms with Gasteiger partial charge >= 0.3 is 0 Å². The molecule has 248 valence electrons. The van der Waals surface area contributed by atoms with Crippen LogP contribution in [0.2, 0.25) is 0 Å². The van der Waals surface area contributed by atoms with Crippen molar-refractivity contribution in [2.24, 2.45) is 0 Å². The maximum absolute atomic E-state index is 5.14. The van der Waals surface area contributed by atoms with Gasteiger partial charge in [0.1, 0.15) is 5.82 Å². The van der Waals surface area contributed by atoms with E-state index in [1.807, 2.05) is 0 Å². The molecule has 0 fully saturated rings. The maximum atomic E-state index is 5.14. The average molecular weight is 587 g/mol. The molecule has 1 aromatic heterocycles. The van der Waals surface area contributed by atoms with Crippen molar-refractivity contribution in [1.82, 2.24) is 9.55 Å². The van der Waals surface area contributed by atoms with E-state index < -0.39 is 0 Å². The summed E-state index contributed by atoms with van der Waals surface area (Å²) >= 11 is 0. The largest absolute Gasteiger partial charge is 0.334 e. The van der Waals surface area contributed by atoms with Gasteiger partial charge in [0.25, 0.3) is 0 Å². The van der Waals surface area contributed by atoms with E-state index in [9.17, 15) is 0 Å². The van der Waals surface area contributed by atoms with Crippen molar-refractivity contribution in [3.63, 3.8) is 0 Å². The summed E-state index contributed by atoms with van der Waals surface area (Å²) in [7, 11) is 0. The highest BCUT2D eigenvalue weighted by Gasteiger charge is 2.16. The fourth-order valence-corrected chi connectivity index (χ4v) is 6.55. The van der Waals surface area contributed by atoms with Crippen LogP contribution in [-0.4, -0.2) is 9.55 Å². The van der Waals surface area contributed by atoms with Crippen LogP contribution in [-0.2, 0) is 6.54 Å². The molecule has 2 heteroatoms. The number of imidazole rings is 1. The molecule has 0 aliphatic heterocycles. The zero-order valence-corrected chi connectivity index (χ0v) is 29.8. The molecule has 1 atom stereocenters. The molecular formula is C40H78N2. The summed E-state index contributed by atoms with van der Waals surface area (Å²) in [6.07, 6.45) is 43.8. The lowest BCUT2D eigenvalue weighted by Crippen LogP contribution is -2.07. The smallest absolute Gasteiger partial charge is 0.111 e. The summed E-state index contributed by atoms with van der Waals surface area (Å²) in [5.74, 6) is 2.47. The Morgan fingerprint density at radius 2 is 0.810 bits per heavy atom. The van der Waals surface area contributed by atoms with Crippen molar-refractivity contribution < 1.29 is 0 Å². The molecule has 0 aromatic carbocycles. The predicted octanol–water partition coefficient (Wildman–Crippen LogP) is 14.5. The SMILES string of the molecule is CCCCCCCCCCCCCCCCC(C)c1nc(C(C)C)cn1CCCCCCCCCCCCCCCC. The minimum absolute atomic E-state index is 0.523. The van der Waals surface area contributed by atoms with Gasteiger partial charge in [-0.15, -0.1) is 0 Å². The van der Waals surface area contributed by atoms with Crippen LogP contribution in [0.3, 0.4) is 0 Å². The van der Waals surface area contributed by atoms with Crippen LogP contribution < -0.4 is 0 Å². The summed E-state index contributed by atoms with van der Waals surface area (Å²) in [4.78, 5) is 5.14. The predicted molar refractivity (Wildman–Crippen MR) is 190 cm³/mol. The second-order valence-corrected chi connectivity index (χ2v) is 14.3. The van der Waals surface area contributed by atoms with Crippen LogP contribution in [0.1, 0.15) is 244 Å². The maximum Gasteiger partial charge on any atom is 0.111 e. The first-order valence-electron chi connectivity index (χ1n) is 19.7. The number of hydrogen-bond donors (Lipinski definition) is 0. The first-order valence-corrected chi connectivity index (χ1v) is 19.7. The lowest BCUT2D eigenvalue weighted by molar-refractivity contribution is 0.494. The summed E-state index contributed by atoms with van der Waals surface area (Å²) in [6.45, 7) is 12.8. The molecule has 0 amide bonds. The molecule has 1 unspecified atom stereocenters. The van der Waals surface area contributed by atoms with E-state index in [1.165, 1.54) is 198 Å². The van der Waals surface area contributed by atoms with Crippen LogP contribution >= 0.6 is 0 Å². The van der Waals surface area contributed by atoms with Crippen molar-refractivity contribution in [1.29, 1.82) is 0 Å². The molecule has 0 aliphatic rings. The summed E-state index contributed by atoms with van der Waals surface area (Å²) in [6, 6.07) is 0.